The number of amides is 1. The van der Waals surface area contributed by atoms with Gasteiger partial charge in [-0.25, -0.2) is 4.98 Å². The number of H-pyrrole nitrogens is 1. The fourth-order valence-corrected chi connectivity index (χ4v) is 2.59. The van der Waals surface area contributed by atoms with Crippen LogP contribution in [-0.4, -0.2) is 25.7 Å². The van der Waals surface area contributed by atoms with Crippen molar-refractivity contribution in [2.75, 3.05) is 0 Å². The van der Waals surface area contributed by atoms with E-state index in [2.05, 4.69) is 21.2 Å². The fourth-order valence-electron chi connectivity index (χ4n) is 2.59. The van der Waals surface area contributed by atoms with Gasteiger partial charge in [-0.2, -0.15) is 5.10 Å². The lowest BCUT2D eigenvalue weighted by Gasteiger charge is -2.06. The van der Waals surface area contributed by atoms with Crippen molar-refractivity contribution in [3.8, 4) is 16.8 Å². The predicted molar refractivity (Wildman–Crippen MR) is 87.2 cm³/mol. The van der Waals surface area contributed by atoms with Crippen molar-refractivity contribution < 1.29 is 4.79 Å². The first-order chi connectivity index (χ1) is 11.2. The lowest BCUT2D eigenvalue weighted by atomic mass is 10.1. The number of aromatic amines is 1. The molecule has 2 aromatic carbocycles. The summed E-state index contributed by atoms with van der Waals surface area (Å²) < 4.78 is 1.98. The van der Waals surface area contributed by atoms with Crippen molar-refractivity contribution in [2.45, 2.75) is 0 Å². The molecule has 0 aliphatic rings. The quantitative estimate of drug-likeness (QED) is 0.609. The van der Waals surface area contributed by atoms with Crippen molar-refractivity contribution in [3.05, 3.63) is 66.7 Å². The molecular weight excluding hydrogens is 290 g/mol. The standard InChI is InChI=1S/C17H13N5O/c18-17(23)11-1-4-14(5-2-11)22-10-19-15-6-3-12(7-16(15)22)13-8-20-21-9-13/h1-10H,(H2,18,23)(H,20,21). The minimum Gasteiger partial charge on any atom is -0.366 e. The lowest BCUT2D eigenvalue weighted by Crippen LogP contribution is -2.10. The highest BCUT2D eigenvalue weighted by Crippen LogP contribution is 2.25. The van der Waals surface area contributed by atoms with E-state index in [1.807, 2.05) is 35.0 Å². The molecule has 0 unspecified atom stereocenters. The van der Waals surface area contributed by atoms with Crippen molar-refractivity contribution in [1.82, 2.24) is 19.7 Å². The summed E-state index contributed by atoms with van der Waals surface area (Å²) in [6.45, 7) is 0. The first-order valence-corrected chi connectivity index (χ1v) is 7.09. The van der Waals surface area contributed by atoms with Gasteiger partial charge in [0, 0.05) is 23.0 Å². The highest BCUT2D eigenvalue weighted by atomic mass is 16.1. The maximum absolute atomic E-state index is 11.2. The number of imidazole rings is 1. The number of carbonyl (C=O) groups is 1. The summed E-state index contributed by atoms with van der Waals surface area (Å²) in [5.41, 5.74) is 10.6. The second kappa shape index (κ2) is 5.10. The normalized spacial score (nSPS) is 11.0. The van der Waals surface area contributed by atoms with Crippen LogP contribution in [0.5, 0.6) is 0 Å². The number of nitrogens with two attached hydrogens (primary N) is 1. The number of hydrogen-bond donors (Lipinski definition) is 2. The number of aromatic nitrogens is 4. The first-order valence-electron chi connectivity index (χ1n) is 7.09. The summed E-state index contributed by atoms with van der Waals surface area (Å²) in [6, 6.07) is 13.2. The van der Waals surface area contributed by atoms with E-state index in [1.54, 1.807) is 24.7 Å². The molecular formula is C17H13N5O. The second-order valence-corrected chi connectivity index (χ2v) is 5.22. The molecule has 112 valence electrons. The Balaban J connectivity index is 1.83. The van der Waals surface area contributed by atoms with Crippen LogP contribution in [0.4, 0.5) is 0 Å². The molecule has 6 heteroatoms. The molecule has 0 radical (unpaired) electrons. The Morgan fingerprint density at radius 1 is 1.09 bits per heavy atom. The van der Waals surface area contributed by atoms with Crippen LogP contribution >= 0.6 is 0 Å². The van der Waals surface area contributed by atoms with Crippen molar-refractivity contribution in [3.63, 3.8) is 0 Å². The van der Waals surface area contributed by atoms with Crippen LogP contribution in [0.3, 0.4) is 0 Å². The third-order valence-corrected chi connectivity index (χ3v) is 3.81. The molecule has 4 rings (SSSR count). The van der Waals surface area contributed by atoms with Gasteiger partial charge in [-0.1, -0.05) is 6.07 Å². The Bertz CT molecular complexity index is 984. The Labute approximate surface area is 131 Å². The molecule has 0 atom stereocenters. The van der Waals surface area contributed by atoms with E-state index >= 15 is 0 Å². The minimum absolute atomic E-state index is 0.436. The SMILES string of the molecule is NC(=O)c1ccc(-n2cnc3ccc(-c4cn[nH]c4)cc32)cc1. The molecule has 0 saturated heterocycles. The number of fused-ring (bicyclic) bond motifs is 1. The van der Waals surface area contributed by atoms with Crippen molar-refractivity contribution >= 4 is 16.9 Å². The van der Waals surface area contributed by atoms with E-state index in [1.165, 1.54) is 0 Å². The van der Waals surface area contributed by atoms with Crippen LogP contribution in [-0.2, 0) is 0 Å². The number of nitrogens with zero attached hydrogens (tertiary/aromatic N) is 3. The summed E-state index contributed by atoms with van der Waals surface area (Å²) in [7, 11) is 0. The molecule has 0 spiro atoms. The third kappa shape index (κ3) is 2.26. The van der Waals surface area contributed by atoms with Gasteiger partial charge in [0.05, 0.1) is 17.2 Å². The number of hydrogen-bond acceptors (Lipinski definition) is 3. The van der Waals surface area contributed by atoms with E-state index in [4.69, 9.17) is 5.73 Å². The summed E-state index contributed by atoms with van der Waals surface area (Å²) in [6.07, 6.45) is 5.40. The molecule has 1 amide bonds. The van der Waals surface area contributed by atoms with Gasteiger partial charge in [-0.3, -0.25) is 14.5 Å². The Morgan fingerprint density at radius 3 is 2.61 bits per heavy atom. The van der Waals surface area contributed by atoms with Gasteiger partial charge in [0.2, 0.25) is 5.91 Å². The molecule has 2 aromatic heterocycles. The molecule has 6 nitrogen and oxygen atoms in total. The zero-order valence-corrected chi connectivity index (χ0v) is 12.1. The zero-order chi connectivity index (χ0) is 15.8. The molecule has 0 saturated carbocycles. The molecule has 2 heterocycles. The molecule has 0 bridgehead atoms. The van der Waals surface area contributed by atoms with Gasteiger partial charge in [-0.15, -0.1) is 0 Å². The van der Waals surface area contributed by atoms with Gasteiger partial charge in [-0.05, 0) is 42.0 Å². The van der Waals surface area contributed by atoms with Crippen LogP contribution < -0.4 is 5.73 Å². The number of rotatable bonds is 3. The summed E-state index contributed by atoms with van der Waals surface area (Å²) in [5.74, 6) is -0.436. The van der Waals surface area contributed by atoms with Gasteiger partial charge in [0.25, 0.3) is 0 Å². The van der Waals surface area contributed by atoms with Gasteiger partial charge < -0.3 is 5.73 Å². The van der Waals surface area contributed by atoms with E-state index in [9.17, 15) is 4.79 Å². The predicted octanol–water partition coefficient (Wildman–Crippen LogP) is 2.51. The maximum atomic E-state index is 11.2. The van der Waals surface area contributed by atoms with Crippen LogP contribution in [0.25, 0.3) is 27.8 Å². The van der Waals surface area contributed by atoms with E-state index in [0.717, 1.165) is 27.8 Å². The first kappa shape index (κ1) is 13.3. The summed E-state index contributed by atoms with van der Waals surface area (Å²) in [4.78, 5) is 15.6. The minimum atomic E-state index is -0.436. The molecule has 23 heavy (non-hydrogen) atoms. The van der Waals surface area contributed by atoms with Gasteiger partial charge in [0.1, 0.15) is 6.33 Å². The molecule has 0 aliphatic heterocycles. The number of benzene rings is 2. The highest BCUT2D eigenvalue weighted by molar-refractivity contribution is 5.93. The molecule has 0 aliphatic carbocycles. The molecule has 3 N–H and O–H groups in total. The van der Waals surface area contributed by atoms with Crippen LogP contribution in [0.15, 0.2) is 61.2 Å². The Morgan fingerprint density at radius 2 is 1.91 bits per heavy atom. The zero-order valence-electron chi connectivity index (χ0n) is 12.1. The number of nitrogens with one attached hydrogen (secondary N) is 1. The summed E-state index contributed by atoms with van der Waals surface area (Å²) >= 11 is 0. The van der Waals surface area contributed by atoms with Gasteiger partial charge in [0.15, 0.2) is 0 Å². The van der Waals surface area contributed by atoms with Crippen molar-refractivity contribution in [1.29, 1.82) is 0 Å². The smallest absolute Gasteiger partial charge is 0.248 e. The maximum Gasteiger partial charge on any atom is 0.248 e. The average Bonchev–Trinajstić information content (AvgIpc) is 3.24. The Kier molecular flexibility index (Phi) is 2.94. The van der Waals surface area contributed by atoms with Gasteiger partial charge >= 0.3 is 0 Å². The monoisotopic (exact) mass is 303 g/mol. The van der Waals surface area contributed by atoms with E-state index in [-0.39, 0.29) is 0 Å². The third-order valence-electron chi connectivity index (χ3n) is 3.81. The van der Waals surface area contributed by atoms with Crippen molar-refractivity contribution in [2.24, 2.45) is 5.73 Å². The number of primary amides is 1. The second-order valence-electron chi connectivity index (χ2n) is 5.22. The van der Waals surface area contributed by atoms with E-state index < -0.39 is 5.91 Å². The van der Waals surface area contributed by atoms with Crippen LogP contribution in [0.1, 0.15) is 10.4 Å². The van der Waals surface area contributed by atoms with Crippen LogP contribution in [0, 0.1) is 0 Å². The largest absolute Gasteiger partial charge is 0.366 e. The Hall–Kier alpha value is -3.41. The van der Waals surface area contributed by atoms with E-state index in [0.29, 0.717) is 5.56 Å². The number of carbonyl (C=O) groups excluding carboxylic acids is 1. The average molecular weight is 303 g/mol. The fraction of sp³-hybridized carbons (Fsp3) is 0. The molecule has 4 aromatic rings. The molecule has 0 fully saturated rings. The highest BCUT2D eigenvalue weighted by Gasteiger charge is 2.08. The lowest BCUT2D eigenvalue weighted by molar-refractivity contribution is 0.100. The van der Waals surface area contributed by atoms with Crippen LogP contribution in [0.2, 0.25) is 0 Å². The topological polar surface area (TPSA) is 89.6 Å². The summed E-state index contributed by atoms with van der Waals surface area (Å²) in [5, 5.41) is 6.80.